The molecule has 2 rings (SSSR count). The van der Waals surface area contributed by atoms with Crippen LogP contribution in [0.1, 0.15) is 19.4 Å². The van der Waals surface area contributed by atoms with Gasteiger partial charge in [-0.1, -0.05) is 12.1 Å². The molecule has 1 heterocycles. The summed E-state index contributed by atoms with van der Waals surface area (Å²) in [7, 11) is 0. The van der Waals surface area contributed by atoms with Crippen molar-refractivity contribution in [3.05, 3.63) is 29.6 Å². The largest absolute Gasteiger partial charge is 0.322 e. The molecule has 1 N–H and O–H groups in total. The molecule has 1 aliphatic rings. The molecular weight excluding hydrogens is 195 g/mol. The summed E-state index contributed by atoms with van der Waals surface area (Å²) in [6.07, 6.45) is 0. The first kappa shape index (κ1) is 9.96. The molecule has 1 aliphatic heterocycles. The first-order valence-corrected chi connectivity index (χ1v) is 4.94. The molecule has 1 aromatic rings. The third-order valence-corrected chi connectivity index (χ3v) is 2.56. The van der Waals surface area contributed by atoms with Crippen molar-refractivity contribution in [2.75, 3.05) is 5.32 Å². The average molecular weight is 208 g/mol. The summed E-state index contributed by atoms with van der Waals surface area (Å²) in [4.78, 5) is 13.3. The van der Waals surface area contributed by atoms with Crippen LogP contribution in [0.5, 0.6) is 0 Å². The zero-order chi connectivity index (χ0) is 11.0. The van der Waals surface area contributed by atoms with Crippen molar-refractivity contribution in [1.82, 2.24) is 4.90 Å². The number of anilines is 1. The number of carbonyl (C=O) groups excluding carboxylic acids is 1. The van der Waals surface area contributed by atoms with Crippen LogP contribution in [0.2, 0.25) is 0 Å². The van der Waals surface area contributed by atoms with Crippen LogP contribution < -0.4 is 5.32 Å². The van der Waals surface area contributed by atoms with Crippen LogP contribution in [0, 0.1) is 5.82 Å². The molecule has 15 heavy (non-hydrogen) atoms. The van der Waals surface area contributed by atoms with E-state index in [-0.39, 0.29) is 17.9 Å². The van der Waals surface area contributed by atoms with E-state index < -0.39 is 0 Å². The second-order valence-electron chi connectivity index (χ2n) is 3.93. The van der Waals surface area contributed by atoms with Gasteiger partial charge in [0.15, 0.2) is 0 Å². The molecule has 2 amide bonds. The van der Waals surface area contributed by atoms with Gasteiger partial charge in [-0.3, -0.25) is 0 Å². The molecule has 0 unspecified atom stereocenters. The van der Waals surface area contributed by atoms with Crippen molar-refractivity contribution in [2.24, 2.45) is 0 Å². The van der Waals surface area contributed by atoms with Crippen LogP contribution in [0.3, 0.4) is 0 Å². The molecule has 4 heteroatoms. The number of benzene rings is 1. The van der Waals surface area contributed by atoms with E-state index in [0.717, 1.165) is 5.56 Å². The predicted molar refractivity (Wildman–Crippen MR) is 56.1 cm³/mol. The molecule has 0 bridgehead atoms. The minimum atomic E-state index is -0.371. The summed E-state index contributed by atoms with van der Waals surface area (Å²) >= 11 is 0. The van der Waals surface area contributed by atoms with Gasteiger partial charge in [-0.25, -0.2) is 9.18 Å². The monoisotopic (exact) mass is 208 g/mol. The Hall–Kier alpha value is -1.58. The van der Waals surface area contributed by atoms with Gasteiger partial charge in [0.1, 0.15) is 5.82 Å². The summed E-state index contributed by atoms with van der Waals surface area (Å²) in [5.41, 5.74) is 1.14. The lowest BCUT2D eigenvalue weighted by atomic mass is 10.1. The molecule has 0 spiro atoms. The van der Waals surface area contributed by atoms with Crippen LogP contribution >= 0.6 is 0 Å². The molecule has 0 atom stereocenters. The molecule has 0 aliphatic carbocycles. The van der Waals surface area contributed by atoms with E-state index in [2.05, 4.69) is 5.32 Å². The van der Waals surface area contributed by atoms with Crippen LogP contribution in [0.15, 0.2) is 18.2 Å². The maximum atomic E-state index is 13.3. The Bertz CT molecular complexity index is 404. The van der Waals surface area contributed by atoms with Gasteiger partial charge < -0.3 is 10.2 Å². The van der Waals surface area contributed by atoms with Crippen molar-refractivity contribution in [2.45, 2.75) is 26.4 Å². The fourth-order valence-corrected chi connectivity index (χ4v) is 1.69. The van der Waals surface area contributed by atoms with Crippen molar-refractivity contribution >= 4 is 11.7 Å². The number of hydrogen-bond acceptors (Lipinski definition) is 1. The van der Waals surface area contributed by atoms with Gasteiger partial charge in [0.05, 0.1) is 5.69 Å². The minimum absolute atomic E-state index is 0.112. The van der Waals surface area contributed by atoms with Crippen LogP contribution in [-0.2, 0) is 6.54 Å². The Morgan fingerprint density at radius 3 is 2.87 bits per heavy atom. The maximum absolute atomic E-state index is 13.3. The molecule has 80 valence electrons. The Kier molecular flexibility index (Phi) is 2.34. The van der Waals surface area contributed by atoms with E-state index in [1.165, 1.54) is 6.07 Å². The van der Waals surface area contributed by atoms with Crippen LogP contribution in [0.25, 0.3) is 0 Å². The summed E-state index contributed by atoms with van der Waals surface area (Å²) in [5, 5.41) is 2.57. The van der Waals surface area contributed by atoms with Gasteiger partial charge in [-0.2, -0.15) is 0 Å². The number of nitrogens with zero attached hydrogens (tertiary/aromatic N) is 1. The molecule has 0 fully saturated rings. The lowest BCUT2D eigenvalue weighted by molar-refractivity contribution is 0.190. The van der Waals surface area contributed by atoms with Gasteiger partial charge >= 0.3 is 6.03 Å². The summed E-state index contributed by atoms with van der Waals surface area (Å²) < 4.78 is 13.3. The van der Waals surface area contributed by atoms with E-state index in [1.54, 1.807) is 11.0 Å². The fraction of sp³-hybridized carbons (Fsp3) is 0.364. The van der Waals surface area contributed by atoms with Gasteiger partial charge in [0.25, 0.3) is 0 Å². The third-order valence-electron chi connectivity index (χ3n) is 2.56. The van der Waals surface area contributed by atoms with Gasteiger partial charge in [0.2, 0.25) is 0 Å². The second-order valence-corrected chi connectivity index (χ2v) is 3.93. The normalized spacial score (nSPS) is 15.2. The fourth-order valence-electron chi connectivity index (χ4n) is 1.69. The average Bonchev–Trinajstić information content (AvgIpc) is 2.18. The van der Waals surface area contributed by atoms with E-state index >= 15 is 0 Å². The van der Waals surface area contributed by atoms with Gasteiger partial charge in [0, 0.05) is 12.6 Å². The standard InChI is InChI=1S/C11H13FN2O/c1-7(2)14-6-8-4-3-5-9(12)10(8)13-11(14)15/h3-5,7H,6H2,1-2H3,(H,13,15). The van der Waals surface area contributed by atoms with Crippen molar-refractivity contribution in [1.29, 1.82) is 0 Å². The number of hydrogen-bond donors (Lipinski definition) is 1. The van der Waals surface area contributed by atoms with Gasteiger partial charge in [-0.15, -0.1) is 0 Å². The van der Waals surface area contributed by atoms with Crippen LogP contribution in [0.4, 0.5) is 14.9 Å². The first-order chi connectivity index (χ1) is 7.09. The number of fused-ring (bicyclic) bond motifs is 1. The van der Waals surface area contributed by atoms with Crippen molar-refractivity contribution < 1.29 is 9.18 Å². The highest BCUT2D eigenvalue weighted by Gasteiger charge is 2.25. The summed E-state index contributed by atoms with van der Waals surface area (Å²) in [5.74, 6) is -0.371. The van der Waals surface area contributed by atoms with Crippen molar-refractivity contribution in [3.63, 3.8) is 0 Å². The second kappa shape index (κ2) is 3.53. The molecule has 0 radical (unpaired) electrons. The lowest BCUT2D eigenvalue weighted by Crippen LogP contribution is -2.43. The molecular formula is C11H13FN2O. The smallest absolute Gasteiger partial charge is 0.318 e. The third kappa shape index (κ3) is 1.67. The van der Waals surface area contributed by atoms with Crippen LogP contribution in [-0.4, -0.2) is 17.0 Å². The zero-order valence-electron chi connectivity index (χ0n) is 8.75. The van der Waals surface area contributed by atoms with E-state index in [1.807, 2.05) is 19.9 Å². The number of nitrogens with one attached hydrogen (secondary N) is 1. The molecule has 0 saturated carbocycles. The van der Waals surface area contributed by atoms with E-state index in [0.29, 0.717) is 12.2 Å². The molecule has 3 nitrogen and oxygen atoms in total. The number of para-hydroxylation sites is 1. The minimum Gasteiger partial charge on any atom is -0.318 e. The Morgan fingerprint density at radius 1 is 1.47 bits per heavy atom. The Balaban J connectivity index is 2.38. The molecule has 1 aromatic carbocycles. The molecule has 0 saturated heterocycles. The Morgan fingerprint density at radius 2 is 2.20 bits per heavy atom. The lowest BCUT2D eigenvalue weighted by Gasteiger charge is -2.32. The number of rotatable bonds is 1. The zero-order valence-corrected chi connectivity index (χ0v) is 8.75. The highest BCUT2D eigenvalue weighted by atomic mass is 19.1. The van der Waals surface area contributed by atoms with E-state index in [4.69, 9.17) is 0 Å². The number of halogens is 1. The first-order valence-electron chi connectivity index (χ1n) is 4.94. The number of carbonyl (C=O) groups is 1. The quantitative estimate of drug-likeness (QED) is 0.755. The van der Waals surface area contributed by atoms with E-state index in [9.17, 15) is 9.18 Å². The molecule has 0 aromatic heterocycles. The predicted octanol–water partition coefficient (Wildman–Crippen LogP) is 2.58. The highest BCUT2D eigenvalue weighted by molar-refractivity contribution is 5.92. The Labute approximate surface area is 87.9 Å². The maximum Gasteiger partial charge on any atom is 0.322 e. The SMILES string of the molecule is CC(C)N1Cc2cccc(F)c2NC1=O. The summed E-state index contributed by atoms with van der Waals surface area (Å²) in [6, 6.07) is 4.71. The number of urea groups is 1. The topological polar surface area (TPSA) is 32.3 Å². The highest BCUT2D eigenvalue weighted by Crippen LogP contribution is 2.26. The van der Waals surface area contributed by atoms with Crippen molar-refractivity contribution in [3.8, 4) is 0 Å². The summed E-state index contributed by atoms with van der Waals surface area (Å²) in [6.45, 7) is 4.34. The number of amides is 2. The van der Waals surface area contributed by atoms with Gasteiger partial charge in [-0.05, 0) is 25.5 Å².